The number of nitrogens with one attached hydrogen (secondary N) is 1. The highest BCUT2D eigenvalue weighted by atomic mass is 16.6. The molecule has 1 aliphatic rings. The van der Waals surface area contributed by atoms with Gasteiger partial charge in [0.25, 0.3) is 5.69 Å². The predicted octanol–water partition coefficient (Wildman–Crippen LogP) is 5.12. The van der Waals surface area contributed by atoms with Crippen molar-refractivity contribution in [1.82, 2.24) is 0 Å². The van der Waals surface area contributed by atoms with Crippen molar-refractivity contribution in [2.75, 3.05) is 10.2 Å². The minimum atomic E-state index is -0.358. The number of fused-ring (bicyclic) bond motifs is 2. The Morgan fingerprint density at radius 3 is 2.30 bits per heavy atom. The van der Waals surface area contributed by atoms with Crippen molar-refractivity contribution in [3.8, 4) is 0 Å². The maximum Gasteiger partial charge on any atom is 0.294 e. The van der Waals surface area contributed by atoms with Gasteiger partial charge in [0.15, 0.2) is 0 Å². The Bertz CT molecular complexity index is 894. The third-order valence-electron chi connectivity index (χ3n) is 3.88. The number of benzene rings is 3. The van der Waals surface area contributed by atoms with Crippen molar-refractivity contribution in [2.45, 2.75) is 0 Å². The highest BCUT2D eigenvalue weighted by Gasteiger charge is 2.28. The van der Waals surface area contributed by atoms with Crippen LogP contribution in [0.4, 0.5) is 34.1 Å². The van der Waals surface area contributed by atoms with E-state index in [1.54, 1.807) is 6.07 Å². The first-order valence-electron chi connectivity index (χ1n) is 7.24. The van der Waals surface area contributed by atoms with Crippen LogP contribution in [0.1, 0.15) is 0 Å². The van der Waals surface area contributed by atoms with Gasteiger partial charge in [-0.1, -0.05) is 36.4 Å². The highest BCUT2D eigenvalue weighted by molar-refractivity contribution is 5.99. The lowest BCUT2D eigenvalue weighted by Gasteiger charge is -2.33. The summed E-state index contributed by atoms with van der Waals surface area (Å²) in [7, 11) is 0. The Hall–Kier alpha value is -3.34. The molecule has 3 aromatic rings. The minimum absolute atomic E-state index is 0.0675. The van der Waals surface area contributed by atoms with Gasteiger partial charge in [0.1, 0.15) is 5.69 Å². The molecule has 0 atom stereocenters. The van der Waals surface area contributed by atoms with Gasteiger partial charge in [-0.3, -0.25) is 10.1 Å². The van der Waals surface area contributed by atoms with Crippen molar-refractivity contribution in [2.24, 2.45) is 0 Å². The van der Waals surface area contributed by atoms with Crippen molar-refractivity contribution in [3.63, 3.8) is 0 Å². The molecule has 5 heteroatoms. The van der Waals surface area contributed by atoms with Crippen LogP contribution < -0.4 is 10.2 Å². The molecular weight excluding hydrogens is 290 g/mol. The van der Waals surface area contributed by atoms with Crippen LogP contribution in [0.15, 0.2) is 72.8 Å². The monoisotopic (exact) mass is 303 g/mol. The molecule has 0 saturated heterocycles. The summed E-state index contributed by atoms with van der Waals surface area (Å²) in [5.41, 5.74) is 4.12. The Morgan fingerprint density at radius 2 is 1.52 bits per heavy atom. The van der Waals surface area contributed by atoms with Crippen LogP contribution in [-0.4, -0.2) is 4.92 Å². The molecule has 3 aromatic carbocycles. The molecule has 0 saturated carbocycles. The second kappa shape index (κ2) is 5.14. The van der Waals surface area contributed by atoms with E-state index < -0.39 is 0 Å². The number of nitro benzene ring substituents is 1. The molecule has 5 nitrogen and oxygen atoms in total. The molecule has 23 heavy (non-hydrogen) atoms. The molecule has 0 unspecified atom stereocenters. The Kier molecular flexibility index (Phi) is 2.98. The van der Waals surface area contributed by atoms with Crippen molar-refractivity contribution < 1.29 is 4.92 Å². The summed E-state index contributed by atoms with van der Waals surface area (Å²) >= 11 is 0. The zero-order valence-electron chi connectivity index (χ0n) is 12.1. The van der Waals surface area contributed by atoms with E-state index in [2.05, 4.69) is 5.32 Å². The van der Waals surface area contributed by atoms with Gasteiger partial charge in [-0.15, -0.1) is 0 Å². The first-order valence-corrected chi connectivity index (χ1v) is 7.24. The van der Waals surface area contributed by atoms with Gasteiger partial charge < -0.3 is 10.2 Å². The van der Waals surface area contributed by atoms with E-state index in [0.29, 0.717) is 5.69 Å². The number of rotatable bonds is 2. The van der Waals surface area contributed by atoms with Gasteiger partial charge in [0.05, 0.1) is 22.0 Å². The lowest BCUT2D eigenvalue weighted by molar-refractivity contribution is -0.383. The summed E-state index contributed by atoms with van der Waals surface area (Å²) in [5, 5.41) is 14.6. The molecule has 0 aliphatic carbocycles. The van der Waals surface area contributed by atoms with Gasteiger partial charge in [-0.2, -0.15) is 0 Å². The SMILES string of the molecule is O=[N+]([O-])c1cccc2c1Nc1ccccc1N2c1ccccc1. The zero-order chi connectivity index (χ0) is 15.8. The largest absolute Gasteiger partial charge is 0.346 e. The Balaban J connectivity index is 2.00. The van der Waals surface area contributed by atoms with E-state index in [4.69, 9.17) is 0 Å². The van der Waals surface area contributed by atoms with Crippen LogP contribution in [0.5, 0.6) is 0 Å². The van der Waals surface area contributed by atoms with Gasteiger partial charge in [-0.25, -0.2) is 0 Å². The highest BCUT2D eigenvalue weighted by Crippen LogP contribution is 2.50. The van der Waals surface area contributed by atoms with E-state index in [1.807, 2.05) is 65.6 Å². The number of para-hydroxylation sites is 4. The van der Waals surface area contributed by atoms with Crippen LogP contribution in [0.2, 0.25) is 0 Å². The lowest BCUT2D eigenvalue weighted by Crippen LogP contribution is -2.18. The number of hydrogen-bond acceptors (Lipinski definition) is 4. The molecular formula is C18H13N3O2. The predicted molar refractivity (Wildman–Crippen MR) is 91.1 cm³/mol. The quantitative estimate of drug-likeness (QED) is 0.412. The molecule has 0 amide bonds. The maximum absolute atomic E-state index is 11.4. The van der Waals surface area contributed by atoms with Crippen molar-refractivity contribution in [3.05, 3.63) is 82.9 Å². The summed E-state index contributed by atoms with van der Waals surface area (Å²) in [6.07, 6.45) is 0. The van der Waals surface area contributed by atoms with Gasteiger partial charge >= 0.3 is 0 Å². The second-order valence-electron chi connectivity index (χ2n) is 5.24. The molecule has 1 aliphatic heterocycles. The molecule has 4 rings (SSSR count). The van der Waals surface area contributed by atoms with Crippen LogP contribution in [0, 0.1) is 10.1 Å². The van der Waals surface area contributed by atoms with E-state index in [1.165, 1.54) is 6.07 Å². The molecule has 0 bridgehead atoms. The van der Waals surface area contributed by atoms with Crippen LogP contribution in [0.3, 0.4) is 0 Å². The van der Waals surface area contributed by atoms with Crippen LogP contribution >= 0.6 is 0 Å². The smallest absolute Gasteiger partial charge is 0.294 e. The third-order valence-corrected chi connectivity index (χ3v) is 3.88. The van der Waals surface area contributed by atoms with Crippen molar-refractivity contribution in [1.29, 1.82) is 0 Å². The summed E-state index contributed by atoms with van der Waals surface area (Å²) in [6, 6.07) is 22.7. The van der Waals surface area contributed by atoms with E-state index in [-0.39, 0.29) is 10.6 Å². The average molecular weight is 303 g/mol. The summed E-state index contributed by atoms with van der Waals surface area (Å²) in [5.74, 6) is 0. The van der Waals surface area contributed by atoms with E-state index in [0.717, 1.165) is 22.7 Å². The fourth-order valence-corrected chi connectivity index (χ4v) is 2.89. The summed E-state index contributed by atoms with van der Waals surface area (Å²) in [4.78, 5) is 13.1. The van der Waals surface area contributed by atoms with Crippen molar-refractivity contribution >= 4 is 34.1 Å². The summed E-state index contributed by atoms with van der Waals surface area (Å²) < 4.78 is 0. The normalized spacial score (nSPS) is 12.1. The molecule has 0 radical (unpaired) electrons. The summed E-state index contributed by atoms with van der Waals surface area (Å²) in [6.45, 7) is 0. The molecule has 1 heterocycles. The van der Waals surface area contributed by atoms with E-state index >= 15 is 0 Å². The third kappa shape index (κ3) is 2.10. The fraction of sp³-hybridized carbons (Fsp3) is 0. The lowest BCUT2D eigenvalue weighted by atomic mass is 10.1. The van der Waals surface area contributed by atoms with Gasteiger partial charge in [-0.05, 0) is 30.3 Å². The standard InChI is InChI=1S/C18H13N3O2/c22-21(23)17-12-6-11-16-18(17)19-14-9-4-5-10-15(14)20(16)13-7-2-1-3-8-13/h1-12,19H. The number of hydrogen-bond donors (Lipinski definition) is 1. The first-order chi connectivity index (χ1) is 11.3. The van der Waals surface area contributed by atoms with Crippen LogP contribution in [0.25, 0.3) is 0 Å². The van der Waals surface area contributed by atoms with Gasteiger partial charge in [0.2, 0.25) is 0 Å². The molecule has 1 N–H and O–H groups in total. The number of anilines is 5. The first kappa shape index (κ1) is 13.3. The van der Waals surface area contributed by atoms with Gasteiger partial charge in [0, 0.05) is 11.8 Å². The van der Waals surface area contributed by atoms with E-state index in [9.17, 15) is 10.1 Å². The zero-order valence-corrected chi connectivity index (χ0v) is 12.1. The Morgan fingerprint density at radius 1 is 0.826 bits per heavy atom. The minimum Gasteiger partial charge on any atom is -0.346 e. The molecule has 0 aromatic heterocycles. The number of nitrogens with zero attached hydrogens (tertiary/aromatic N) is 2. The number of nitro groups is 1. The molecule has 0 fully saturated rings. The molecule has 0 spiro atoms. The topological polar surface area (TPSA) is 58.4 Å². The van der Waals surface area contributed by atoms with Crippen LogP contribution in [-0.2, 0) is 0 Å². The average Bonchev–Trinajstić information content (AvgIpc) is 2.59. The fourth-order valence-electron chi connectivity index (χ4n) is 2.89. The second-order valence-corrected chi connectivity index (χ2v) is 5.24. The maximum atomic E-state index is 11.4. The molecule has 112 valence electrons. The Labute approximate surface area is 133 Å².